The Balaban J connectivity index is 2.02. The summed E-state index contributed by atoms with van der Waals surface area (Å²) in [6, 6.07) is 0.532. The molecule has 0 bridgehead atoms. The molecule has 0 radical (unpaired) electrons. The van der Waals surface area contributed by atoms with Gasteiger partial charge in [0.1, 0.15) is 5.82 Å². The summed E-state index contributed by atoms with van der Waals surface area (Å²) in [5, 5.41) is 3.39. The zero-order valence-electron chi connectivity index (χ0n) is 9.83. The predicted octanol–water partition coefficient (Wildman–Crippen LogP) is 1.05. The Morgan fingerprint density at radius 2 is 2.50 bits per heavy atom. The maximum Gasteiger partial charge on any atom is 0.109 e. The van der Waals surface area contributed by atoms with Crippen LogP contribution in [-0.4, -0.2) is 29.3 Å². The largest absolute Gasteiger partial charge is 0.379 e. The summed E-state index contributed by atoms with van der Waals surface area (Å²) in [5.74, 6) is 1.24. The number of nitrogens with one attached hydrogen (secondary N) is 1. The first-order chi connectivity index (χ1) is 7.90. The van der Waals surface area contributed by atoms with Gasteiger partial charge >= 0.3 is 0 Å². The fraction of sp³-hybridized carbons (Fsp3) is 0.750. The SMILES string of the molecule is CCc1nc2c(n1C1CCOC1)CCNC2. The molecule has 0 spiro atoms. The fourth-order valence-corrected chi connectivity index (χ4v) is 2.80. The first-order valence-corrected chi connectivity index (χ1v) is 6.27. The molecule has 1 aromatic heterocycles. The van der Waals surface area contributed by atoms with Crippen LogP contribution in [0.2, 0.25) is 0 Å². The first kappa shape index (κ1) is 10.3. The van der Waals surface area contributed by atoms with Gasteiger partial charge < -0.3 is 14.6 Å². The van der Waals surface area contributed by atoms with Gasteiger partial charge in [0, 0.05) is 38.2 Å². The topological polar surface area (TPSA) is 39.1 Å². The van der Waals surface area contributed by atoms with Crippen LogP contribution in [0.25, 0.3) is 0 Å². The van der Waals surface area contributed by atoms with Crippen molar-refractivity contribution in [2.45, 2.75) is 38.8 Å². The van der Waals surface area contributed by atoms with Crippen LogP contribution in [0, 0.1) is 0 Å². The lowest BCUT2D eigenvalue weighted by Crippen LogP contribution is -2.26. The van der Waals surface area contributed by atoms with E-state index in [0.29, 0.717) is 6.04 Å². The second-order valence-electron chi connectivity index (χ2n) is 4.59. The highest BCUT2D eigenvalue weighted by Crippen LogP contribution is 2.26. The average Bonchev–Trinajstić information content (AvgIpc) is 2.94. The maximum atomic E-state index is 5.51. The van der Waals surface area contributed by atoms with Crippen LogP contribution in [-0.2, 0) is 24.1 Å². The Morgan fingerprint density at radius 3 is 3.25 bits per heavy atom. The number of hydrogen-bond acceptors (Lipinski definition) is 3. The van der Waals surface area contributed by atoms with Crippen LogP contribution in [0.5, 0.6) is 0 Å². The zero-order valence-corrected chi connectivity index (χ0v) is 9.83. The van der Waals surface area contributed by atoms with Crippen molar-refractivity contribution < 1.29 is 4.74 Å². The molecule has 3 heterocycles. The molecule has 1 unspecified atom stereocenters. The summed E-state index contributed by atoms with van der Waals surface area (Å²) in [6.45, 7) is 5.97. The van der Waals surface area contributed by atoms with Gasteiger partial charge in [0.25, 0.3) is 0 Å². The highest BCUT2D eigenvalue weighted by Gasteiger charge is 2.26. The van der Waals surface area contributed by atoms with Crippen molar-refractivity contribution in [1.82, 2.24) is 14.9 Å². The van der Waals surface area contributed by atoms with E-state index in [4.69, 9.17) is 9.72 Å². The third kappa shape index (κ3) is 1.57. The normalized spacial score (nSPS) is 24.7. The highest BCUT2D eigenvalue weighted by molar-refractivity contribution is 5.21. The zero-order chi connectivity index (χ0) is 11.0. The lowest BCUT2D eigenvalue weighted by atomic mass is 10.1. The molecule has 1 saturated heterocycles. The highest BCUT2D eigenvalue weighted by atomic mass is 16.5. The van der Waals surface area contributed by atoms with Crippen molar-refractivity contribution in [3.05, 3.63) is 17.2 Å². The van der Waals surface area contributed by atoms with Crippen molar-refractivity contribution in [3.8, 4) is 0 Å². The number of imidazole rings is 1. The molecule has 88 valence electrons. The van der Waals surface area contributed by atoms with Gasteiger partial charge in [-0.05, 0) is 6.42 Å². The maximum absolute atomic E-state index is 5.51. The summed E-state index contributed by atoms with van der Waals surface area (Å²) < 4.78 is 7.97. The Labute approximate surface area is 96.0 Å². The fourth-order valence-electron chi connectivity index (χ4n) is 2.80. The van der Waals surface area contributed by atoms with Gasteiger partial charge in [-0.15, -0.1) is 0 Å². The number of aromatic nitrogens is 2. The Hall–Kier alpha value is -0.870. The minimum absolute atomic E-state index is 0.532. The van der Waals surface area contributed by atoms with Gasteiger partial charge in [-0.2, -0.15) is 0 Å². The van der Waals surface area contributed by atoms with Crippen molar-refractivity contribution in [2.75, 3.05) is 19.8 Å². The first-order valence-electron chi connectivity index (χ1n) is 6.27. The quantitative estimate of drug-likeness (QED) is 0.811. The molecular formula is C12H19N3O. The molecule has 0 aromatic carbocycles. The van der Waals surface area contributed by atoms with E-state index in [1.165, 1.54) is 17.2 Å². The Morgan fingerprint density at radius 1 is 1.56 bits per heavy atom. The lowest BCUT2D eigenvalue weighted by Gasteiger charge is -2.20. The van der Waals surface area contributed by atoms with Crippen molar-refractivity contribution in [2.24, 2.45) is 0 Å². The molecular weight excluding hydrogens is 202 g/mol. The number of ether oxygens (including phenoxy) is 1. The third-order valence-electron chi connectivity index (χ3n) is 3.58. The molecule has 0 saturated carbocycles. The molecule has 1 atom stereocenters. The summed E-state index contributed by atoms with van der Waals surface area (Å²) in [5.41, 5.74) is 2.71. The predicted molar refractivity (Wildman–Crippen MR) is 61.5 cm³/mol. The standard InChI is InChI=1S/C12H19N3O/c1-2-12-14-10-7-13-5-3-11(10)15(12)9-4-6-16-8-9/h9,13H,2-8H2,1H3. The number of fused-ring (bicyclic) bond motifs is 1. The van der Waals surface area contributed by atoms with Crippen molar-refractivity contribution in [1.29, 1.82) is 0 Å². The molecule has 16 heavy (non-hydrogen) atoms. The Bertz CT molecular complexity index is 380. The van der Waals surface area contributed by atoms with Gasteiger partial charge in [-0.3, -0.25) is 0 Å². The van der Waals surface area contributed by atoms with E-state index in [1.54, 1.807) is 0 Å². The molecule has 4 nitrogen and oxygen atoms in total. The number of aryl methyl sites for hydroxylation is 1. The molecule has 1 N–H and O–H groups in total. The molecule has 0 amide bonds. The van der Waals surface area contributed by atoms with E-state index in [0.717, 1.165) is 45.6 Å². The molecule has 2 aliphatic heterocycles. The average molecular weight is 221 g/mol. The molecule has 1 aromatic rings. The van der Waals surface area contributed by atoms with Gasteiger partial charge in [0.05, 0.1) is 18.3 Å². The summed E-state index contributed by atoms with van der Waals surface area (Å²) in [7, 11) is 0. The molecule has 4 heteroatoms. The monoisotopic (exact) mass is 221 g/mol. The molecule has 3 rings (SSSR count). The second-order valence-corrected chi connectivity index (χ2v) is 4.59. The van der Waals surface area contributed by atoms with Crippen LogP contribution in [0.4, 0.5) is 0 Å². The Kier molecular flexibility index (Phi) is 2.69. The minimum atomic E-state index is 0.532. The number of hydrogen-bond donors (Lipinski definition) is 1. The van der Waals surface area contributed by atoms with Crippen LogP contribution in [0.1, 0.15) is 36.6 Å². The lowest BCUT2D eigenvalue weighted by molar-refractivity contribution is 0.185. The van der Waals surface area contributed by atoms with E-state index < -0.39 is 0 Å². The summed E-state index contributed by atoms with van der Waals surface area (Å²) in [6.07, 6.45) is 3.27. The minimum Gasteiger partial charge on any atom is -0.379 e. The number of nitrogens with zero attached hydrogens (tertiary/aromatic N) is 2. The smallest absolute Gasteiger partial charge is 0.109 e. The number of rotatable bonds is 2. The summed E-state index contributed by atoms with van der Waals surface area (Å²) in [4.78, 5) is 4.76. The molecule has 2 aliphatic rings. The van der Waals surface area contributed by atoms with Crippen molar-refractivity contribution >= 4 is 0 Å². The van der Waals surface area contributed by atoms with Crippen LogP contribution in [0.15, 0.2) is 0 Å². The van der Waals surface area contributed by atoms with Crippen LogP contribution in [0.3, 0.4) is 0 Å². The van der Waals surface area contributed by atoms with Gasteiger partial charge in [0.2, 0.25) is 0 Å². The molecule has 0 aliphatic carbocycles. The van der Waals surface area contributed by atoms with E-state index in [1.807, 2.05) is 0 Å². The van der Waals surface area contributed by atoms with E-state index >= 15 is 0 Å². The second kappa shape index (κ2) is 4.18. The van der Waals surface area contributed by atoms with Crippen LogP contribution >= 0.6 is 0 Å². The van der Waals surface area contributed by atoms with E-state index in [9.17, 15) is 0 Å². The van der Waals surface area contributed by atoms with Crippen molar-refractivity contribution in [3.63, 3.8) is 0 Å². The molecule has 1 fully saturated rings. The third-order valence-corrected chi connectivity index (χ3v) is 3.58. The summed E-state index contributed by atoms with van der Waals surface area (Å²) >= 11 is 0. The van der Waals surface area contributed by atoms with Gasteiger partial charge in [0.15, 0.2) is 0 Å². The van der Waals surface area contributed by atoms with E-state index in [-0.39, 0.29) is 0 Å². The van der Waals surface area contributed by atoms with Crippen LogP contribution < -0.4 is 5.32 Å². The van der Waals surface area contributed by atoms with E-state index in [2.05, 4.69) is 16.8 Å². The van der Waals surface area contributed by atoms with Gasteiger partial charge in [-0.1, -0.05) is 6.92 Å². The van der Waals surface area contributed by atoms with Gasteiger partial charge in [-0.25, -0.2) is 4.98 Å².